The smallest absolute Gasteiger partial charge is 0.238 e. The zero-order chi connectivity index (χ0) is 20.4. The Morgan fingerprint density at radius 1 is 1.14 bits per heavy atom. The molecule has 2 aromatic rings. The van der Waals surface area contributed by atoms with Gasteiger partial charge in [0.15, 0.2) is 11.5 Å². The third-order valence-electron chi connectivity index (χ3n) is 5.38. The molecule has 4 rings (SSSR count). The summed E-state index contributed by atoms with van der Waals surface area (Å²) in [6.45, 7) is 2.47. The molecule has 1 amide bonds. The predicted molar refractivity (Wildman–Crippen MR) is 108 cm³/mol. The molecule has 0 fully saturated rings. The standard InChI is InChI=1S/C21H24N2O5S/c1-2-29(25,26)23-13-17-6-4-3-5-16(17)12-18(23)21(24)22-10-9-15-7-8-19-20(11-15)28-14-27-19/h3-8,11,18H,2,9-10,12-14H2,1H3,(H,22,24). The summed E-state index contributed by atoms with van der Waals surface area (Å²) in [6, 6.07) is 12.6. The van der Waals surface area contributed by atoms with Crippen LogP contribution in [0.2, 0.25) is 0 Å². The first-order valence-corrected chi connectivity index (χ1v) is 11.3. The molecule has 2 aliphatic heterocycles. The van der Waals surface area contributed by atoms with E-state index in [9.17, 15) is 13.2 Å². The van der Waals surface area contributed by atoms with Gasteiger partial charge in [-0.3, -0.25) is 4.79 Å². The van der Waals surface area contributed by atoms with Gasteiger partial charge in [-0.2, -0.15) is 4.31 Å². The van der Waals surface area contributed by atoms with E-state index in [2.05, 4.69) is 5.32 Å². The molecule has 8 heteroatoms. The first-order chi connectivity index (χ1) is 14.0. The number of hydrogen-bond donors (Lipinski definition) is 1. The third kappa shape index (κ3) is 4.09. The molecule has 0 radical (unpaired) electrons. The van der Waals surface area contributed by atoms with Gasteiger partial charge in [-0.25, -0.2) is 8.42 Å². The molecule has 0 saturated carbocycles. The molecule has 0 spiro atoms. The van der Waals surface area contributed by atoms with Crippen LogP contribution in [0.3, 0.4) is 0 Å². The normalized spacial score (nSPS) is 18.3. The van der Waals surface area contributed by atoms with E-state index in [0.717, 1.165) is 22.4 Å². The number of benzene rings is 2. The van der Waals surface area contributed by atoms with Gasteiger partial charge in [0.25, 0.3) is 0 Å². The topological polar surface area (TPSA) is 84.9 Å². The minimum Gasteiger partial charge on any atom is -0.454 e. The monoisotopic (exact) mass is 416 g/mol. The fourth-order valence-electron chi connectivity index (χ4n) is 3.72. The molecule has 2 aromatic carbocycles. The van der Waals surface area contributed by atoms with Gasteiger partial charge in [0.05, 0.1) is 5.75 Å². The van der Waals surface area contributed by atoms with Crippen LogP contribution in [-0.4, -0.2) is 43.8 Å². The van der Waals surface area contributed by atoms with E-state index in [1.165, 1.54) is 4.31 Å². The maximum atomic E-state index is 12.9. The van der Waals surface area contributed by atoms with Crippen LogP contribution in [-0.2, 0) is 34.2 Å². The van der Waals surface area contributed by atoms with Gasteiger partial charge in [-0.1, -0.05) is 30.3 Å². The van der Waals surface area contributed by atoms with Crippen LogP contribution in [0.15, 0.2) is 42.5 Å². The summed E-state index contributed by atoms with van der Waals surface area (Å²) in [5, 5.41) is 2.91. The van der Waals surface area contributed by atoms with Crippen molar-refractivity contribution < 1.29 is 22.7 Å². The number of ether oxygens (including phenoxy) is 2. The number of nitrogens with zero attached hydrogens (tertiary/aromatic N) is 1. The lowest BCUT2D eigenvalue weighted by Crippen LogP contribution is -2.53. The van der Waals surface area contributed by atoms with E-state index in [-0.39, 0.29) is 25.0 Å². The summed E-state index contributed by atoms with van der Waals surface area (Å²) in [5.74, 6) is 1.13. The van der Waals surface area contributed by atoms with Crippen LogP contribution < -0.4 is 14.8 Å². The van der Waals surface area contributed by atoms with Crippen molar-refractivity contribution in [3.8, 4) is 11.5 Å². The summed E-state index contributed by atoms with van der Waals surface area (Å²) in [5.41, 5.74) is 2.99. The molecule has 7 nitrogen and oxygen atoms in total. The van der Waals surface area contributed by atoms with E-state index in [4.69, 9.17) is 9.47 Å². The minimum atomic E-state index is -3.50. The van der Waals surface area contributed by atoms with Gasteiger partial charge in [0, 0.05) is 13.1 Å². The Hall–Kier alpha value is -2.58. The molecule has 2 heterocycles. The minimum absolute atomic E-state index is 0.0316. The first-order valence-electron chi connectivity index (χ1n) is 9.70. The second kappa shape index (κ2) is 8.04. The first kappa shape index (κ1) is 19.7. The fourth-order valence-corrected chi connectivity index (χ4v) is 4.95. The van der Waals surface area contributed by atoms with Gasteiger partial charge in [-0.05, 0) is 48.6 Å². The molecule has 2 aliphatic rings. The van der Waals surface area contributed by atoms with E-state index in [1.54, 1.807) is 6.92 Å². The number of nitrogens with one attached hydrogen (secondary N) is 1. The fraction of sp³-hybridized carbons (Fsp3) is 0.381. The average molecular weight is 416 g/mol. The van der Waals surface area contributed by atoms with Gasteiger partial charge < -0.3 is 14.8 Å². The largest absolute Gasteiger partial charge is 0.454 e. The zero-order valence-corrected chi connectivity index (χ0v) is 17.1. The highest BCUT2D eigenvalue weighted by Gasteiger charge is 2.37. The Bertz CT molecular complexity index is 1020. The lowest BCUT2D eigenvalue weighted by atomic mass is 9.95. The molecule has 1 N–H and O–H groups in total. The molecule has 0 bridgehead atoms. The molecule has 1 atom stereocenters. The van der Waals surface area contributed by atoms with Crippen molar-refractivity contribution in [3.05, 3.63) is 59.2 Å². The number of sulfonamides is 1. The number of hydrogen-bond acceptors (Lipinski definition) is 5. The van der Waals surface area contributed by atoms with Crippen molar-refractivity contribution in [2.45, 2.75) is 32.4 Å². The lowest BCUT2D eigenvalue weighted by molar-refractivity contribution is -0.125. The number of amides is 1. The Balaban J connectivity index is 1.44. The van der Waals surface area contributed by atoms with Crippen LogP contribution in [0, 0.1) is 0 Å². The van der Waals surface area contributed by atoms with Crippen molar-refractivity contribution in [3.63, 3.8) is 0 Å². The summed E-state index contributed by atoms with van der Waals surface area (Å²) in [4.78, 5) is 12.9. The second-order valence-electron chi connectivity index (χ2n) is 7.16. The Morgan fingerprint density at radius 2 is 1.90 bits per heavy atom. The quantitative estimate of drug-likeness (QED) is 0.777. The number of carbonyl (C=O) groups is 1. The van der Waals surface area contributed by atoms with Crippen molar-refractivity contribution in [2.75, 3.05) is 19.1 Å². The molecular weight excluding hydrogens is 392 g/mol. The maximum absolute atomic E-state index is 12.9. The maximum Gasteiger partial charge on any atom is 0.238 e. The highest BCUT2D eigenvalue weighted by atomic mass is 32.2. The van der Waals surface area contributed by atoms with Crippen LogP contribution in [0.4, 0.5) is 0 Å². The molecule has 29 heavy (non-hydrogen) atoms. The van der Waals surface area contributed by atoms with Crippen molar-refractivity contribution >= 4 is 15.9 Å². The molecule has 0 aromatic heterocycles. The highest BCUT2D eigenvalue weighted by Crippen LogP contribution is 2.32. The van der Waals surface area contributed by atoms with E-state index >= 15 is 0 Å². The van der Waals surface area contributed by atoms with Crippen LogP contribution in [0.5, 0.6) is 11.5 Å². The average Bonchev–Trinajstić information content (AvgIpc) is 3.20. The lowest BCUT2D eigenvalue weighted by Gasteiger charge is -2.34. The van der Waals surface area contributed by atoms with Crippen LogP contribution in [0.1, 0.15) is 23.6 Å². The molecular formula is C21H24N2O5S. The third-order valence-corrected chi connectivity index (χ3v) is 7.21. The van der Waals surface area contributed by atoms with Crippen LogP contribution >= 0.6 is 0 Å². The second-order valence-corrected chi connectivity index (χ2v) is 9.37. The van der Waals surface area contributed by atoms with Gasteiger partial charge in [0.1, 0.15) is 6.04 Å². The molecule has 1 unspecified atom stereocenters. The van der Waals surface area contributed by atoms with Crippen LogP contribution in [0.25, 0.3) is 0 Å². The summed E-state index contributed by atoms with van der Waals surface area (Å²) >= 11 is 0. The number of carbonyl (C=O) groups excluding carboxylic acids is 1. The molecule has 154 valence electrons. The van der Waals surface area contributed by atoms with Crippen molar-refractivity contribution in [2.24, 2.45) is 0 Å². The number of fused-ring (bicyclic) bond motifs is 2. The van der Waals surface area contributed by atoms with Gasteiger partial charge in [0.2, 0.25) is 22.7 Å². The highest BCUT2D eigenvalue weighted by molar-refractivity contribution is 7.89. The molecule has 0 saturated heterocycles. The molecule has 0 aliphatic carbocycles. The SMILES string of the molecule is CCS(=O)(=O)N1Cc2ccccc2CC1C(=O)NCCc1ccc2c(c1)OCO2. The Labute approximate surface area is 170 Å². The summed E-state index contributed by atoms with van der Waals surface area (Å²) < 4.78 is 37.2. The summed E-state index contributed by atoms with van der Waals surface area (Å²) in [7, 11) is -3.50. The zero-order valence-electron chi connectivity index (χ0n) is 16.3. The Kier molecular flexibility index (Phi) is 5.47. The number of rotatable bonds is 6. The van der Waals surface area contributed by atoms with E-state index in [1.807, 2.05) is 42.5 Å². The van der Waals surface area contributed by atoms with E-state index in [0.29, 0.717) is 25.1 Å². The Morgan fingerprint density at radius 3 is 2.69 bits per heavy atom. The van der Waals surface area contributed by atoms with E-state index < -0.39 is 16.1 Å². The summed E-state index contributed by atoms with van der Waals surface area (Å²) in [6.07, 6.45) is 0.997. The predicted octanol–water partition coefficient (Wildman–Crippen LogP) is 1.85. The van der Waals surface area contributed by atoms with Gasteiger partial charge in [-0.15, -0.1) is 0 Å². The van der Waals surface area contributed by atoms with Crippen molar-refractivity contribution in [1.29, 1.82) is 0 Å². The van der Waals surface area contributed by atoms with Crippen molar-refractivity contribution in [1.82, 2.24) is 9.62 Å². The van der Waals surface area contributed by atoms with Gasteiger partial charge >= 0.3 is 0 Å².